The number of nitrogens with zero attached hydrogens (tertiary/aromatic N) is 2. The Bertz CT molecular complexity index is 654. The third kappa shape index (κ3) is 3.56. The van der Waals surface area contributed by atoms with Gasteiger partial charge >= 0.3 is 0 Å². The molecule has 1 aromatic carbocycles. The summed E-state index contributed by atoms with van der Waals surface area (Å²) in [6.45, 7) is 5.70. The normalized spacial score (nSPS) is 10.5. The predicted octanol–water partition coefficient (Wildman–Crippen LogP) is 3.23. The molecule has 0 bridgehead atoms. The second-order valence-corrected chi connectivity index (χ2v) is 5.09. The van der Waals surface area contributed by atoms with Crippen molar-refractivity contribution in [2.75, 3.05) is 12.4 Å². The van der Waals surface area contributed by atoms with Crippen molar-refractivity contribution in [3.63, 3.8) is 0 Å². The number of rotatable bonds is 4. The molecule has 0 aliphatic carbocycles. The second-order valence-electron chi connectivity index (χ2n) is 5.09. The molecule has 0 unspecified atom stereocenters. The van der Waals surface area contributed by atoms with E-state index >= 15 is 0 Å². The number of hydrogen-bond donors (Lipinski definition) is 1. The van der Waals surface area contributed by atoms with E-state index in [4.69, 9.17) is 4.74 Å². The molecule has 0 aliphatic heterocycles. The molecule has 110 valence electrons. The summed E-state index contributed by atoms with van der Waals surface area (Å²) in [6, 6.07) is 6.01. The van der Waals surface area contributed by atoms with E-state index in [0.29, 0.717) is 17.4 Å². The number of benzene rings is 1. The zero-order valence-corrected chi connectivity index (χ0v) is 12.7. The lowest BCUT2D eigenvalue weighted by Gasteiger charge is -2.13. The molecular formula is C16H19N3O2. The minimum absolute atomic E-state index is 0.177. The van der Waals surface area contributed by atoms with Crippen LogP contribution in [-0.2, 0) is 4.79 Å². The first-order valence-corrected chi connectivity index (χ1v) is 6.79. The molecule has 1 amide bonds. The number of carbonyl (C=O) groups is 1. The Morgan fingerprint density at radius 3 is 2.67 bits per heavy atom. The van der Waals surface area contributed by atoms with Crippen molar-refractivity contribution in [1.82, 2.24) is 9.97 Å². The summed E-state index contributed by atoms with van der Waals surface area (Å²) in [5.41, 5.74) is 2.72. The fraction of sp³-hybridized carbons (Fsp3) is 0.312. The van der Waals surface area contributed by atoms with E-state index in [9.17, 15) is 4.79 Å². The summed E-state index contributed by atoms with van der Waals surface area (Å²) in [5.74, 6) is 1.39. The Morgan fingerprint density at radius 2 is 2.05 bits per heavy atom. The summed E-state index contributed by atoms with van der Waals surface area (Å²) < 4.78 is 5.40. The minimum Gasteiger partial charge on any atom is -0.496 e. The molecule has 5 nitrogen and oxygen atoms in total. The summed E-state index contributed by atoms with van der Waals surface area (Å²) in [7, 11) is 1.62. The molecule has 2 aromatic rings. The van der Waals surface area contributed by atoms with Crippen molar-refractivity contribution in [3.05, 3.63) is 36.2 Å². The number of hydrogen-bond acceptors (Lipinski definition) is 4. The monoisotopic (exact) mass is 285 g/mol. The lowest BCUT2D eigenvalue weighted by Crippen LogP contribution is -2.08. The van der Waals surface area contributed by atoms with Gasteiger partial charge < -0.3 is 10.1 Å². The highest BCUT2D eigenvalue weighted by molar-refractivity contribution is 5.87. The zero-order valence-electron chi connectivity index (χ0n) is 12.7. The molecule has 0 atom stereocenters. The summed E-state index contributed by atoms with van der Waals surface area (Å²) in [4.78, 5) is 19.7. The topological polar surface area (TPSA) is 64.1 Å². The SMILES string of the molecule is COc1ccc(C(C)C)cc1-c1cncc(NC(C)=O)n1. The summed E-state index contributed by atoms with van der Waals surface area (Å²) in [6.07, 6.45) is 3.18. The molecule has 0 spiro atoms. The van der Waals surface area contributed by atoms with Crippen molar-refractivity contribution >= 4 is 11.7 Å². The standard InChI is InChI=1S/C16H19N3O2/c1-10(2)12-5-6-15(21-4)13(7-12)14-8-17-9-16(19-14)18-11(3)20/h5-10H,1-4H3,(H,18,19,20). The average Bonchev–Trinajstić information content (AvgIpc) is 2.46. The van der Waals surface area contributed by atoms with Crippen LogP contribution >= 0.6 is 0 Å². The third-order valence-corrected chi connectivity index (χ3v) is 3.10. The lowest BCUT2D eigenvalue weighted by molar-refractivity contribution is -0.114. The highest BCUT2D eigenvalue weighted by atomic mass is 16.5. The largest absolute Gasteiger partial charge is 0.496 e. The predicted molar refractivity (Wildman–Crippen MR) is 82.4 cm³/mol. The van der Waals surface area contributed by atoms with Gasteiger partial charge in [0, 0.05) is 12.5 Å². The Kier molecular flexibility index (Phi) is 4.52. The summed E-state index contributed by atoms with van der Waals surface area (Å²) >= 11 is 0. The number of methoxy groups -OCH3 is 1. The molecule has 0 saturated heterocycles. The highest BCUT2D eigenvalue weighted by Crippen LogP contribution is 2.31. The third-order valence-electron chi connectivity index (χ3n) is 3.10. The van der Waals surface area contributed by atoms with E-state index in [2.05, 4.69) is 29.1 Å². The molecule has 0 saturated carbocycles. The Labute approximate surface area is 124 Å². The zero-order chi connectivity index (χ0) is 15.4. The summed E-state index contributed by atoms with van der Waals surface area (Å²) in [5, 5.41) is 2.64. The quantitative estimate of drug-likeness (QED) is 0.936. The fourth-order valence-corrected chi connectivity index (χ4v) is 2.02. The number of anilines is 1. The number of aromatic nitrogens is 2. The number of nitrogens with one attached hydrogen (secondary N) is 1. The Balaban J connectivity index is 2.49. The highest BCUT2D eigenvalue weighted by Gasteiger charge is 2.11. The van der Waals surface area contributed by atoms with Crippen LogP contribution in [-0.4, -0.2) is 23.0 Å². The maximum atomic E-state index is 11.1. The van der Waals surface area contributed by atoms with Crippen LogP contribution in [0.1, 0.15) is 32.3 Å². The van der Waals surface area contributed by atoms with Crippen molar-refractivity contribution in [2.45, 2.75) is 26.7 Å². The van der Waals surface area contributed by atoms with Gasteiger partial charge in [-0.25, -0.2) is 4.98 Å². The molecule has 1 N–H and O–H groups in total. The van der Waals surface area contributed by atoms with E-state index < -0.39 is 0 Å². The number of amides is 1. The van der Waals surface area contributed by atoms with E-state index in [0.717, 1.165) is 11.3 Å². The molecule has 1 aromatic heterocycles. The van der Waals surface area contributed by atoms with Gasteiger partial charge in [0.25, 0.3) is 0 Å². The number of ether oxygens (including phenoxy) is 1. The van der Waals surface area contributed by atoms with Gasteiger partial charge in [-0.1, -0.05) is 19.9 Å². The van der Waals surface area contributed by atoms with E-state index in [1.165, 1.54) is 18.7 Å². The van der Waals surface area contributed by atoms with Gasteiger partial charge in [-0.3, -0.25) is 9.78 Å². The molecular weight excluding hydrogens is 266 g/mol. The smallest absolute Gasteiger partial charge is 0.222 e. The van der Waals surface area contributed by atoms with Gasteiger partial charge in [0.15, 0.2) is 5.82 Å². The first-order valence-electron chi connectivity index (χ1n) is 6.79. The van der Waals surface area contributed by atoms with Crippen LogP contribution in [0.2, 0.25) is 0 Å². The first-order chi connectivity index (χ1) is 10.0. The molecule has 1 heterocycles. The van der Waals surface area contributed by atoms with Crippen LogP contribution in [0, 0.1) is 0 Å². The Hall–Kier alpha value is -2.43. The van der Waals surface area contributed by atoms with Crippen molar-refractivity contribution in [2.24, 2.45) is 0 Å². The van der Waals surface area contributed by atoms with Gasteiger partial charge in [-0.2, -0.15) is 0 Å². The molecule has 5 heteroatoms. The minimum atomic E-state index is -0.177. The van der Waals surface area contributed by atoms with Crippen LogP contribution < -0.4 is 10.1 Å². The molecule has 2 rings (SSSR count). The maximum absolute atomic E-state index is 11.1. The Morgan fingerprint density at radius 1 is 1.29 bits per heavy atom. The molecule has 0 radical (unpaired) electrons. The van der Waals surface area contributed by atoms with Gasteiger partial charge in [-0.15, -0.1) is 0 Å². The van der Waals surface area contributed by atoms with E-state index in [1.807, 2.05) is 18.2 Å². The maximum Gasteiger partial charge on any atom is 0.222 e. The second kappa shape index (κ2) is 6.35. The van der Waals surface area contributed by atoms with Gasteiger partial charge in [0.2, 0.25) is 5.91 Å². The molecule has 0 aliphatic rings. The van der Waals surface area contributed by atoms with Crippen LogP contribution in [0.4, 0.5) is 5.82 Å². The van der Waals surface area contributed by atoms with E-state index in [1.54, 1.807) is 13.3 Å². The van der Waals surface area contributed by atoms with Gasteiger partial charge in [0.1, 0.15) is 5.75 Å². The van der Waals surface area contributed by atoms with Crippen LogP contribution in [0.5, 0.6) is 5.75 Å². The van der Waals surface area contributed by atoms with E-state index in [-0.39, 0.29) is 5.91 Å². The average molecular weight is 285 g/mol. The van der Waals surface area contributed by atoms with Gasteiger partial charge in [-0.05, 0) is 23.6 Å². The van der Waals surface area contributed by atoms with Crippen molar-refractivity contribution in [1.29, 1.82) is 0 Å². The fourth-order valence-electron chi connectivity index (χ4n) is 2.02. The van der Waals surface area contributed by atoms with Crippen LogP contribution in [0.3, 0.4) is 0 Å². The van der Waals surface area contributed by atoms with Crippen LogP contribution in [0.15, 0.2) is 30.6 Å². The van der Waals surface area contributed by atoms with Crippen molar-refractivity contribution < 1.29 is 9.53 Å². The molecule has 21 heavy (non-hydrogen) atoms. The van der Waals surface area contributed by atoms with Crippen molar-refractivity contribution in [3.8, 4) is 17.0 Å². The lowest BCUT2D eigenvalue weighted by atomic mass is 9.99. The van der Waals surface area contributed by atoms with Gasteiger partial charge in [0.05, 0.1) is 25.2 Å². The molecule has 0 fully saturated rings. The number of carbonyl (C=O) groups excluding carboxylic acids is 1. The van der Waals surface area contributed by atoms with Crippen LogP contribution in [0.25, 0.3) is 11.3 Å². The first kappa shape index (κ1) is 15.0.